The van der Waals surface area contributed by atoms with Gasteiger partial charge in [0.2, 0.25) is 5.95 Å². The summed E-state index contributed by atoms with van der Waals surface area (Å²) in [6.07, 6.45) is 0.314. The number of nitrogens with zero attached hydrogens (tertiary/aromatic N) is 2. The lowest BCUT2D eigenvalue weighted by molar-refractivity contribution is 0.265. The molecule has 0 bridgehead atoms. The Bertz CT molecular complexity index is 313. The summed E-state index contributed by atoms with van der Waals surface area (Å²) >= 11 is 11.6. The molecule has 15 heavy (non-hydrogen) atoms. The van der Waals surface area contributed by atoms with E-state index in [4.69, 9.17) is 39.8 Å². The van der Waals surface area contributed by atoms with Gasteiger partial charge in [0.25, 0.3) is 0 Å². The van der Waals surface area contributed by atoms with E-state index in [1.165, 1.54) is 0 Å². The Balaban J connectivity index is 0.00000196. The Morgan fingerprint density at radius 2 is 1.73 bits per heavy atom. The lowest BCUT2D eigenvalue weighted by Gasteiger charge is -2.10. The minimum Gasteiger partial charge on any atom is -0.395 e. The number of hydrogen-bond acceptors (Lipinski definition) is 5. The second-order valence-electron chi connectivity index (χ2n) is 2.79. The van der Waals surface area contributed by atoms with Crippen molar-refractivity contribution in [3.63, 3.8) is 0 Å². The number of anilines is 1. The van der Waals surface area contributed by atoms with Gasteiger partial charge in [-0.1, -0.05) is 23.2 Å². The van der Waals surface area contributed by atoms with Crippen LogP contribution < -0.4 is 11.5 Å². The summed E-state index contributed by atoms with van der Waals surface area (Å²) in [4.78, 5) is 7.46. The van der Waals surface area contributed by atoms with Crippen molar-refractivity contribution in [1.29, 1.82) is 0 Å². The van der Waals surface area contributed by atoms with E-state index in [1.807, 2.05) is 0 Å². The molecule has 1 atom stereocenters. The predicted molar refractivity (Wildman–Crippen MR) is 62.5 cm³/mol. The van der Waals surface area contributed by atoms with Crippen LogP contribution in [-0.4, -0.2) is 27.7 Å². The summed E-state index contributed by atoms with van der Waals surface area (Å²) < 4.78 is 0. The molecule has 0 aliphatic rings. The van der Waals surface area contributed by atoms with Crippen LogP contribution in [0.15, 0.2) is 0 Å². The zero-order valence-corrected chi connectivity index (χ0v) is 9.98. The zero-order chi connectivity index (χ0) is 10.7. The molecule has 5 nitrogen and oxygen atoms in total. The smallest absolute Gasteiger partial charge is 0.222 e. The minimum absolute atomic E-state index is 0. The van der Waals surface area contributed by atoms with Crippen LogP contribution in [0.3, 0.4) is 0 Å². The molecule has 5 N–H and O–H groups in total. The maximum absolute atomic E-state index is 8.76. The van der Waals surface area contributed by atoms with Crippen LogP contribution in [0.5, 0.6) is 0 Å². The van der Waals surface area contributed by atoms with Crippen LogP contribution >= 0.6 is 35.6 Å². The average molecular weight is 274 g/mol. The molecule has 1 rings (SSSR count). The summed E-state index contributed by atoms with van der Waals surface area (Å²) in [6.45, 7) is -0.156. The standard InChI is InChI=1S/C7H10Cl2N4O.ClH/c8-5-4(1-3(10)2-14)6(9)13-7(11)12-5;/h3,14H,1-2,10H2,(H2,11,12,13);1H. The van der Waals surface area contributed by atoms with E-state index < -0.39 is 6.04 Å². The van der Waals surface area contributed by atoms with Gasteiger partial charge in [0.15, 0.2) is 0 Å². The van der Waals surface area contributed by atoms with Crippen molar-refractivity contribution in [1.82, 2.24) is 9.97 Å². The second kappa shape index (κ2) is 6.30. The highest BCUT2D eigenvalue weighted by Gasteiger charge is 2.13. The lowest BCUT2D eigenvalue weighted by Crippen LogP contribution is -2.27. The van der Waals surface area contributed by atoms with Crippen LogP contribution in [0.2, 0.25) is 10.3 Å². The van der Waals surface area contributed by atoms with E-state index in [0.717, 1.165) is 0 Å². The van der Waals surface area contributed by atoms with Crippen LogP contribution in [0, 0.1) is 0 Å². The monoisotopic (exact) mass is 272 g/mol. The van der Waals surface area contributed by atoms with E-state index in [2.05, 4.69) is 9.97 Å². The molecule has 0 saturated heterocycles. The van der Waals surface area contributed by atoms with Gasteiger partial charge in [-0.2, -0.15) is 0 Å². The molecular weight excluding hydrogens is 262 g/mol. The molecule has 1 aromatic rings. The van der Waals surface area contributed by atoms with E-state index in [1.54, 1.807) is 0 Å². The second-order valence-corrected chi connectivity index (χ2v) is 3.50. The van der Waals surface area contributed by atoms with Crippen molar-refractivity contribution in [2.24, 2.45) is 5.73 Å². The van der Waals surface area contributed by atoms with Gasteiger partial charge in [-0.3, -0.25) is 0 Å². The molecule has 0 aromatic carbocycles. The van der Waals surface area contributed by atoms with E-state index in [-0.39, 0.29) is 35.3 Å². The highest BCUT2D eigenvalue weighted by molar-refractivity contribution is 6.34. The molecule has 1 aromatic heterocycles. The molecule has 0 spiro atoms. The molecule has 1 unspecified atom stereocenters. The zero-order valence-electron chi connectivity index (χ0n) is 7.65. The molecule has 0 fully saturated rings. The number of rotatable bonds is 3. The van der Waals surface area contributed by atoms with Gasteiger partial charge in [-0.15, -0.1) is 12.4 Å². The van der Waals surface area contributed by atoms with Crippen molar-refractivity contribution in [3.05, 3.63) is 15.9 Å². The van der Waals surface area contributed by atoms with Gasteiger partial charge in [-0.25, -0.2) is 9.97 Å². The fourth-order valence-electron chi connectivity index (χ4n) is 0.941. The third kappa shape index (κ3) is 3.96. The molecule has 0 aliphatic carbocycles. The number of aliphatic hydroxyl groups excluding tert-OH is 1. The molecule has 8 heteroatoms. The fraction of sp³-hybridized carbons (Fsp3) is 0.429. The summed E-state index contributed by atoms with van der Waals surface area (Å²) in [5, 5.41) is 9.10. The fourth-order valence-corrected chi connectivity index (χ4v) is 1.50. The summed E-state index contributed by atoms with van der Waals surface area (Å²) in [7, 11) is 0. The number of aliphatic hydroxyl groups is 1. The van der Waals surface area contributed by atoms with Crippen molar-refractivity contribution in [2.45, 2.75) is 12.5 Å². The maximum atomic E-state index is 8.76. The van der Waals surface area contributed by atoms with Gasteiger partial charge in [0.05, 0.1) is 6.61 Å². The van der Waals surface area contributed by atoms with E-state index in [0.29, 0.717) is 12.0 Å². The van der Waals surface area contributed by atoms with Gasteiger partial charge >= 0.3 is 0 Å². The van der Waals surface area contributed by atoms with Gasteiger partial charge in [-0.05, 0) is 6.42 Å². The van der Waals surface area contributed by atoms with E-state index >= 15 is 0 Å². The first-order chi connectivity index (χ1) is 6.54. The molecule has 86 valence electrons. The largest absolute Gasteiger partial charge is 0.395 e. The Morgan fingerprint density at radius 1 is 1.27 bits per heavy atom. The third-order valence-corrected chi connectivity index (χ3v) is 2.25. The van der Waals surface area contributed by atoms with Gasteiger partial charge in [0.1, 0.15) is 10.3 Å². The first-order valence-corrected chi connectivity index (χ1v) is 4.64. The molecule has 1 heterocycles. The number of nitrogen functional groups attached to an aromatic ring is 1. The van der Waals surface area contributed by atoms with Crippen LogP contribution in [-0.2, 0) is 6.42 Å². The number of aromatic nitrogens is 2. The average Bonchev–Trinajstić information content (AvgIpc) is 2.10. The predicted octanol–water partition coefficient (Wildman–Crippen LogP) is 0.650. The third-order valence-electron chi connectivity index (χ3n) is 1.62. The minimum atomic E-state index is -0.433. The Kier molecular flexibility index (Phi) is 6.16. The molecule has 0 amide bonds. The SMILES string of the molecule is Cl.Nc1nc(Cl)c(CC(N)CO)c(Cl)n1. The molecular formula is C7H11Cl3N4O. The highest BCUT2D eigenvalue weighted by Crippen LogP contribution is 2.22. The van der Waals surface area contributed by atoms with Crippen molar-refractivity contribution in [2.75, 3.05) is 12.3 Å². The summed E-state index contributed by atoms with van der Waals surface area (Å²) in [5.41, 5.74) is 11.4. The maximum Gasteiger partial charge on any atom is 0.222 e. The first kappa shape index (κ1) is 14.7. The number of halogens is 3. The molecule has 0 radical (unpaired) electrons. The normalized spacial score (nSPS) is 12.0. The van der Waals surface area contributed by atoms with Crippen LogP contribution in [0.25, 0.3) is 0 Å². The Morgan fingerprint density at radius 3 is 2.13 bits per heavy atom. The highest BCUT2D eigenvalue weighted by atomic mass is 35.5. The topological polar surface area (TPSA) is 98.0 Å². The number of hydrogen-bond donors (Lipinski definition) is 3. The van der Waals surface area contributed by atoms with Gasteiger partial charge in [0, 0.05) is 11.6 Å². The summed E-state index contributed by atoms with van der Waals surface area (Å²) in [6, 6.07) is -0.433. The Hall–Kier alpha value is -0.330. The van der Waals surface area contributed by atoms with Gasteiger partial charge < -0.3 is 16.6 Å². The summed E-state index contributed by atoms with van der Waals surface area (Å²) in [5.74, 6) is 0.0151. The van der Waals surface area contributed by atoms with Crippen LogP contribution in [0.4, 0.5) is 5.95 Å². The van der Waals surface area contributed by atoms with Crippen molar-refractivity contribution in [3.8, 4) is 0 Å². The van der Waals surface area contributed by atoms with Crippen LogP contribution in [0.1, 0.15) is 5.56 Å². The first-order valence-electron chi connectivity index (χ1n) is 3.88. The Labute approximate surface area is 103 Å². The molecule has 0 aliphatic heterocycles. The quantitative estimate of drug-likeness (QED) is 0.702. The van der Waals surface area contributed by atoms with Crippen molar-refractivity contribution >= 4 is 41.6 Å². The number of nitrogens with two attached hydrogens (primary N) is 2. The van der Waals surface area contributed by atoms with Crippen molar-refractivity contribution < 1.29 is 5.11 Å². The molecule has 0 saturated carbocycles. The van der Waals surface area contributed by atoms with E-state index in [9.17, 15) is 0 Å². The lowest BCUT2D eigenvalue weighted by atomic mass is 10.1.